The molecular formula is C18H21N. The summed E-state index contributed by atoms with van der Waals surface area (Å²) in [7, 11) is 0. The highest BCUT2D eigenvalue weighted by Gasteiger charge is 2.31. The van der Waals surface area contributed by atoms with Crippen LogP contribution >= 0.6 is 0 Å². The molecule has 0 aromatic carbocycles. The molecule has 0 bridgehead atoms. The highest BCUT2D eigenvalue weighted by molar-refractivity contribution is 6.06. The van der Waals surface area contributed by atoms with Gasteiger partial charge in [-0.15, -0.1) is 0 Å². The van der Waals surface area contributed by atoms with Crippen LogP contribution in [0.2, 0.25) is 0 Å². The minimum atomic E-state index is 0.423. The first kappa shape index (κ1) is 12.4. The summed E-state index contributed by atoms with van der Waals surface area (Å²) in [6, 6.07) is 0. The Hall–Kier alpha value is -1.63. The van der Waals surface area contributed by atoms with Gasteiger partial charge in [-0.3, -0.25) is 4.99 Å². The Balaban J connectivity index is 2.11. The molecule has 0 N–H and O–H groups in total. The molecule has 3 aliphatic rings. The molecule has 0 aromatic rings. The van der Waals surface area contributed by atoms with E-state index in [2.05, 4.69) is 52.0 Å². The van der Waals surface area contributed by atoms with Gasteiger partial charge in [0.2, 0.25) is 0 Å². The molecule has 0 saturated heterocycles. The van der Waals surface area contributed by atoms with Crippen molar-refractivity contribution in [1.82, 2.24) is 0 Å². The molecule has 0 saturated carbocycles. The molecule has 1 unspecified atom stereocenters. The van der Waals surface area contributed by atoms with Crippen molar-refractivity contribution in [1.29, 1.82) is 0 Å². The summed E-state index contributed by atoms with van der Waals surface area (Å²) < 4.78 is 0. The van der Waals surface area contributed by atoms with Crippen molar-refractivity contribution in [2.75, 3.05) is 0 Å². The first-order chi connectivity index (χ1) is 9.11. The van der Waals surface area contributed by atoms with Gasteiger partial charge in [0.1, 0.15) is 0 Å². The third-order valence-electron chi connectivity index (χ3n) is 4.26. The molecule has 98 valence electrons. The number of rotatable bonds is 2. The topological polar surface area (TPSA) is 12.4 Å². The van der Waals surface area contributed by atoms with Gasteiger partial charge in [0, 0.05) is 17.2 Å². The minimum absolute atomic E-state index is 0.423. The fourth-order valence-corrected chi connectivity index (χ4v) is 3.23. The van der Waals surface area contributed by atoms with E-state index in [1.54, 1.807) is 0 Å². The van der Waals surface area contributed by atoms with Crippen LogP contribution in [0, 0.1) is 5.92 Å². The zero-order chi connectivity index (χ0) is 13.6. The van der Waals surface area contributed by atoms with Crippen LogP contribution in [0.5, 0.6) is 0 Å². The Morgan fingerprint density at radius 3 is 2.79 bits per heavy atom. The lowest BCUT2D eigenvalue weighted by Crippen LogP contribution is -2.06. The van der Waals surface area contributed by atoms with Gasteiger partial charge >= 0.3 is 0 Å². The first-order valence-electron chi connectivity index (χ1n) is 7.17. The monoisotopic (exact) mass is 251 g/mol. The zero-order valence-corrected chi connectivity index (χ0v) is 12.2. The van der Waals surface area contributed by atoms with Crippen LogP contribution in [0.25, 0.3) is 0 Å². The van der Waals surface area contributed by atoms with E-state index in [4.69, 9.17) is 4.99 Å². The van der Waals surface area contributed by atoms with Crippen LogP contribution in [0.1, 0.15) is 40.5 Å². The number of nitrogens with zero attached hydrogens (tertiary/aromatic N) is 1. The highest BCUT2D eigenvalue weighted by atomic mass is 14.8. The van der Waals surface area contributed by atoms with Crippen molar-refractivity contribution in [2.45, 2.75) is 40.5 Å². The molecule has 1 aliphatic heterocycles. The van der Waals surface area contributed by atoms with Gasteiger partial charge in [0.15, 0.2) is 0 Å². The van der Waals surface area contributed by atoms with Gasteiger partial charge in [-0.2, -0.15) is 0 Å². The van der Waals surface area contributed by atoms with Crippen molar-refractivity contribution in [3.8, 4) is 0 Å². The normalized spacial score (nSPS) is 24.7. The molecule has 0 amide bonds. The van der Waals surface area contributed by atoms with Crippen molar-refractivity contribution in [3.63, 3.8) is 0 Å². The molecular weight excluding hydrogens is 230 g/mol. The molecule has 2 aliphatic carbocycles. The fourth-order valence-electron chi connectivity index (χ4n) is 3.23. The second-order valence-corrected chi connectivity index (χ2v) is 5.74. The smallest absolute Gasteiger partial charge is 0.0675 e. The van der Waals surface area contributed by atoms with Gasteiger partial charge in [-0.1, -0.05) is 42.4 Å². The average Bonchev–Trinajstić information content (AvgIpc) is 3.02. The zero-order valence-electron chi connectivity index (χ0n) is 12.2. The summed E-state index contributed by atoms with van der Waals surface area (Å²) in [4.78, 5) is 4.77. The summed E-state index contributed by atoms with van der Waals surface area (Å²) in [5.74, 6) is 0.423. The maximum absolute atomic E-state index is 4.77. The van der Waals surface area contributed by atoms with Gasteiger partial charge in [-0.25, -0.2) is 0 Å². The lowest BCUT2D eigenvalue weighted by molar-refractivity contribution is 1.01. The molecule has 0 spiro atoms. The third kappa shape index (κ3) is 1.88. The van der Waals surface area contributed by atoms with E-state index >= 15 is 0 Å². The molecule has 1 nitrogen and oxygen atoms in total. The number of allylic oxidation sites excluding steroid dienone is 8. The van der Waals surface area contributed by atoms with Gasteiger partial charge in [0.05, 0.1) is 5.70 Å². The standard InChI is InChI=1S/C18H21N/c1-5-13-6-7-14(10-13)17-12(4)19-16-9-8-15(11(2)3)18(16)17/h6-7,9-10,14H,5,8H2,1-4H3. The van der Waals surface area contributed by atoms with Crippen molar-refractivity contribution >= 4 is 5.71 Å². The van der Waals surface area contributed by atoms with Crippen LogP contribution in [0.4, 0.5) is 0 Å². The predicted molar refractivity (Wildman–Crippen MR) is 82.2 cm³/mol. The maximum Gasteiger partial charge on any atom is 0.0675 e. The van der Waals surface area contributed by atoms with E-state index in [1.165, 1.54) is 39.3 Å². The summed E-state index contributed by atoms with van der Waals surface area (Å²) in [5.41, 5.74) is 9.60. The SMILES string of the molecule is CCC1=CC(C2=C3C(=CCC3=C(C)C)N=C2C)C=C1. The van der Waals surface area contributed by atoms with Crippen molar-refractivity contribution < 1.29 is 0 Å². The van der Waals surface area contributed by atoms with Gasteiger partial charge < -0.3 is 0 Å². The van der Waals surface area contributed by atoms with Crippen LogP contribution in [-0.4, -0.2) is 5.71 Å². The number of fused-ring (bicyclic) bond motifs is 1. The maximum atomic E-state index is 4.77. The van der Waals surface area contributed by atoms with Crippen LogP contribution in [0.15, 0.2) is 62.9 Å². The van der Waals surface area contributed by atoms with Crippen LogP contribution in [-0.2, 0) is 0 Å². The van der Waals surface area contributed by atoms with Crippen LogP contribution in [0.3, 0.4) is 0 Å². The molecule has 0 radical (unpaired) electrons. The van der Waals surface area contributed by atoms with E-state index in [-0.39, 0.29) is 0 Å². The molecule has 0 fully saturated rings. The fraction of sp³-hybridized carbons (Fsp3) is 0.389. The Kier molecular flexibility index (Phi) is 2.93. The minimum Gasteiger partial charge on any atom is -0.253 e. The Bertz CT molecular complexity index is 614. The van der Waals surface area contributed by atoms with E-state index in [0.29, 0.717) is 5.92 Å². The lowest BCUT2D eigenvalue weighted by atomic mass is 9.89. The Morgan fingerprint density at radius 2 is 2.16 bits per heavy atom. The lowest BCUT2D eigenvalue weighted by Gasteiger charge is -2.13. The van der Waals surface area contributed by atoms with Crippen molar-refractivity contribution in [2.24, 2.45) is 10.9 Å². The summed E-state index contributed by atoms with van der Waals surface area (Å²) in [6.45, 7) is 8.79. The molecule has 1 atom stereocenters. The van der Waals surface area contributed by atoms with E-state index < -0.39 is 0 Å². The first-order valence-corrected chi connectivity index (χ1v) is 7.17. The van der Waals surface area contributed by atoms with Gasteiger partial charge in [0.25, 0.3) is 0 Å². The van der Waals surface area contributed by atoms with Crippen LogP contribution < -0.4 is 0 Å². The second kappa shape index (κ2) is 4.48. The van der Waals surface area contributed by atoms with E-state index in [9.17, 15) is 0 Å². The number of aliphatic imine (C=N–C) groups is 1. The molecule has 19 heavy (non-hydrogen) atoms. The predicted octanol–water partition coefficient (Wildman–Crippen LogP) is 4.90. The average molecular weight is 251 g/mol. The number of hydrogen-bond acceptors (Lipinski definition) is 1. The van der Waals surface area contributed by atoms with Gasteiger partial charge in [-0.05, 0) is 44.8 Å². The Morgan fingerprint density at radius 1 is 1.37 bits per heavy atom. The third-order valence-corrected chi connectivity index (χ3v) is 4.26. The molecule has 1 heteroatoms. The summed E-state index contributed by atoms with van der Waals surface area (Å²) in [5, 5.41) is 0. The van der Waals surface area contributed by atoms with E-state index in [0.717, 1.165) is 12.8 Å². The second-order valence-electron chi connectivity index (χ2n) is 5.74. The van der Waals surface area contributed by atoms with E-state index in [1.807, 2.05) is 0 Å². The summed E-state index contributed by atoms with van der Waals surface area (Å²) in [6.07, 6.45) is 11.4. The Labute approximate surface area is 115 Å². The molecule has 0 aromatic heterocycles. The highest BCUT2D eigenvalue weighted by Crippen LogP contribution is 2.44. The molecule has 1 heterocycles. The van der Waals surface area contributed by atoms with Crippen molar-refractivity contribution in [3.05, 3.63) is 57.9 Å². The summed E-state index contributed by atoms with van der Waals surface area (Å²) >= 11 is 0. The largest absolute Gasteiger partial charge is 0.253 e. The number of hydrogen-bond donors (Lipinski definition) is 0. The quantitative estimate of drug-likeness (QED) is 0.661. The molecule has 3 rings (SSSR count).